The van der Waals surface area contributed by atoms with Crippen LogP contribution in [-0.2, 0) is 11.2 Å². The molecule has 4 heteroatoms. The number of likely N-dealkylation sites (N-methyl/N-ethyl adjacent to an activating group) is 1. The lowest BCUT2D eigenvalue weighted by Crippen LogP contribution is -2.48. The van der Waals surface area contributed by atoms with E-state index in [1.165, 1.54) is 0 Å². The average molecular weight is 262 g/mol. The summed E-state index contributed by atoms with van der Waals surface area (Å²) in [5.41, 5.74) is 1.15. The first-order chi connectivity index (χ1) is 9.20. The average Bonchev–Trinajstić information content (AvgIpc) is 2.45. The molecule has 0 unspecified atom stereocenters. The number of hydrogen-bond acceptors (Lipinski definition) is 3. The Morgan fingerprint density at radius 1 is 1.21 bits per heavy atom. The van der Waals surface area contributed by atoms with Gasteiger partial charge in [-0.25, -0.2) is 0 Å². The van der Waals surface area contributed by atoms with Crippen LogP contribution < -0.4 is 4.74 Å². The number of amides is 1. The highest BCUT2D eigenvalue weighted by molar-refractivity contribution is 5.78. The molecule has 0 radical (unpaired) electrons. The van der Waals surface area contributed by atoms with Gasteiger partial charge >= 0.3 is 0 Å². The first-order valence-electron chi connectivity index (χ1n) is 6.87. The maximum Gasteiger partial charge on any atom is 0.260 e. The lowest BCUT2D eigenvalue weighted by molar-refractivity contribution is -0.134. The second-order valence-electron chi connectivity index (χ2n) is 4.93. The molecule has 1 fully saturated rings. The Labute approximate surface area is 115 Å². The van der Waals surface area contributed by atoms with Crippen LogP contribution in [0.3, 0.4) is 0 Å². The van der Waals surface area contributed by atoms with Gasteiger partial charge in [-0.2, -0.15) is 0 Å². The van der Waals surface area contributed by atoms with Crippen molar-refractivity contribution < 1.29 is 9.53 Å². The number of benzene rings is 1. The van der Waals surface area contributed by atoms with Crippen LogP contribution >= 0.6 is 0 Å². The van der Waals surface area contributed by atoms with Crippen LogP contribution in [-0.4, -0.2) is 55.5 Å². The maximum absolute atomic E-state index is 12.1. The number of ether oxygens (including phenoxy) is 1. The van der Waals surface area contributed by atoms with Gasteiger partial charge in [0.2, 0.25) is 0 Å². The molecule has 0 N–H and O–H groups in total. The third-order valence-electron chi connectivity index (χ3n) is 3.56. The molecule has 0 atom stereocenters. The number of carbonyl (C=O) groups excluding carboxylic acids is 1. The number of para-hydroxylation sites is 1. The number of aryl methyl sites for hydroxylation is 1. The zero-order valence-corrected chi connectivity index (χ0v) is 11.8. The predicted octanol–water partition coefficient (Wildman–Crippen LogP) is 1.40. The summed E-state index contributed by atoms with van der Waals surface area (Å²) < 4.78 is 5.67. The van der Waals surface area contributed by atoms with E-state index in [0.717, 1.165) is 43.9 Å². The highest BCUT2D eigenvalue weighted by Gasteiger charge is 2.19. The van der Waals surface area contributed by atoms with Crippen LogP contribution in [0, 0.1) is 0 Å². The molecular formula is C15H22N2O2. The van der Waals surface area contributed by atoms with Crippen molar-refractivity contribution in [2.24, 2.45) is 0 Å². The Bertz CT molecular complexity index is 426. The summed E-state index contributed by atoms with van der Waals surface area (Å²) in [7, 11) is 2.08. The van der Waals surface area contributed by atoms with E-state index < -0.39 is 0 Å². The van der Waals surface area contributed by atoms with Crippen molar-refractivity contribution in [3.63, 3.8) is 0 Å². The Hall–Kier alpha value is -1.55. The van der Waals surface area contributed by atoms with E-state index in [2.05, 4.69) is 18.9 Å². The second-order valence-corrected chi connectivity index (χ2v) is 4.93. The number of piperazine rings is 1. The summed E-state index contributed by atoms with van der Waals surface area (Å²) in [6.07, 6.45) is 0.916. The van der Waals surface area contributed by atoms with E-state index in [4.69, 9.17) is 4.74 Å². The van der Waals surface area contributed by atoms with E-state index >= 15 is 0 Å². The van der Waals surface area contributed by atoms with Crippen molar-refractivity contribution in [1.29, 1.82) is 0 Å². The lowest BCUT2D eigenvalue weighted by atomic mass is 10.1. The van der Waals surface area contributed by atoms with Crippen molar-refractivity contribution in [3.8, 4) is 5.75 Å². The normalized spacial score (nSPS) is 16.4. The largest absolute Gasteiger partial charge is 0.483 e. The van der Waals surface area contributed by atoms with E-state index in [1.54, 1.807) is 0 Å². The molecule has 1 heterocycles. The second kappa shape index (κ2) is 6.57. The monoisotopic (exact) mass is 262 g/mol. The van der Waals surface area contributed by atoms with Gasteiger partial charge in [0.25, 0.3) is 5.91 Å². The Kier molecular flexibility index (Phi) is 4.80. The third kappa shape index (κ3) is 3.70. The van der Waals surface area contributed by atoms with Gasteiger partial charge in [-0.05, 0) is 25.1 Å². The number of carbonyl (C=O) groups is 1. The Balaban J connectivity index is 1.86. The highest BCUT2D eigenvalue weighted by Crippen LogP contribution is 2.18. The van der Waals surface area contributed by atoms with Crippen molar-refractivity contribution >= 4 is 5.91 Å². The molecule has 1 aromatic carbocycles. The number of hydrogen-bond donors (Lipinski definition) is 0. The quantitative estimate of drug-likeness (QED) is 0.822. The zero-order chi connectivity index (χ0) is 13.7. The standard InChI is InChI=1S/C15H22N2O2/c1-3-13-6-4-5-7-14(13)19-12-15(18)17-10-8-16(2)9-11-17/h4-7H,3,8-12H2,1-2H3. The molecule has 4 nitrogen and oxygen atoms in total. The fraction of sp³-hybridized carbons (Fsp3) is 0.533. The topological polar surface area (TPSA) is 32.8 Å². The summed E-state index contributed by atoms with van der Waals surface area (Å²) in [4.78, 5) is 16.2. The molecule has 0 aliphatic carbocycles. The fourth-order valence-electron chi connectivity index (χ4n) is 2.22. The first kappa shape index (κ1) is 13.9. The van der Waals surface area contributed by atoms with Gasteiger partial charge < -0.3 is 14.5 Å². The fourth-order valence-corrected chi connectivity index (χ4v) is 2.22. The summed E-state index contributed by atoms with van der Waals surface area (Å²) in [5, 5.41) is 0. The van der Waals surface area contributed by atoms with Crippen molar-refractivity contribution in [2.45, 2.75) is 13.3 Å². The van der Waals surface area contributed by atoms with Crippen LogP contribution in [0.15, 0.2) is 24.3 Å². The minimum atomic E-state index is 0.0824. The number of rotatable bonds is 4. The molecule has 2 rings (SSSR count). The minimum Gasteiger partial charge on any atom is -0.483 e. The van der Waals surface area contributed by atoms with E-state index in [0.29, 0.717) is 0 Å². The Morgan fingerprint density at radius 3 is 2.58 bits per heavy atom. The van der Waals surface area contributed by atoms with Gasteiger partial charge in [-0.1, -0.05) is 25.1 Å². The van der Waals surface area contributed by atoms with Crippen LogP contribution in [0.4, 0.5) is 0 Å². The van der Waals surface area contributed by atoms with Gasteiger partial charge in [0.05, 0.1) is 0 Å². The van der Waals surface area contributed by atoms with Gasteiger partial charge in [0.1, 0.15) is 5.75 Å². The SMILES string of the molecule is CCc1ccccc1OCC(=O)N1CCN(C)CC1. The molecule has 0 saturated carbocycles. The third-order valence-corrected chi connectivity index (χ3v) is 3.56. The van der Waals surface area contributed by atoms with Gasteiger partial charge in [-0.3, -0.25) is 4.79 Å². The summed E-state index contributed by atoms with van der Waals surface area (Å²) in [6.45, 7) is 5.71. The van der Waals surface area contributed by atoms with Gasteiger partial charge in [-0.15, -0.1) is 0 Å². The van der Waals surface area contributed by atoms with Crippen molar-refractivity contribution in [3.05, 3.63) is 29.8 Å². The molecule has 1 saturated heterocycles. The molecule has 19 heavy (non-hydrogen) atoms. The van der Waals surface area contributed by atoms with E-state index in [1.807, 2.05) is 29.2 Å². The highest BCUT2D eigenvalue weighted by atomic mass is 16.5. The zero-order valence-electron chi connectivity index (χ0n) is 11.8. The molecule has 0 bridgehead atoms. The smallest absolute Gasteiger partial charge is 0.260 e. The van der Waals surface area contributed by atoms with Crippen molar-refractivity contribution in [1.82, 2.24) is 9.80 Å². The maximum atomic E-state index is 12.1. The molecule has 0 spiro atoms. The van der Waals surface area contributed by atoms with Crippen molar-refractivity contribution in [2.75, 3.05) is 39.8 Å². The number of nitrogens with zero attached hydrogens (tertiary/aromatic N) is 2. The summed E-state index contributed by atoms with van der Waals surface area (Å²) in [6, 6.07) is 7.90. The molecule has 1 amide bonds. The molecule has 104 valence electrons. The van der Waals surface area contributed by atoms with E-state index in [-0.39, 0.29) is 12.5 Å². The van der Waals surface area contributed by atoms with Gasteiger partial charge in [0.15, 0.2) is 6.61 Å². The Morgan fingerprint density at radius 2 is 1.89 bits per heavy atom. The summed E-state index contributed by atoms with van der Waals surface area (Å²) in [5.74, 6) is 0.909. The molecule has 1 aliphatic heterocycles. The predicted molar refractivity (Wildman–Crippen MR) is 75.4 cm³/mol. The van der Waals surface area contributed by atoms with Gasteiger partial charge in [0, 0.05) is 26.2 Å². The van der Waals surface area contributed by atoms with Crippen LogP contribution in [0.25, 0.3) is 0 Å². The lowest BCUT2D eigenvalue weighted by Gasteiger charge is -2.32. The van der Waals surface area contributed by atoms with E-state index in [9.17, 15) is 4.79 Å². The van der Waals surface area contributed by atoms with Crippen LogP contribution in [0.2, 0.25) is 0 Å². The van der Waals surface area contributed by atoms with Crippen LogP contribution in [0.1, 0.15) is 12.5 Å². The molecule has 1 aromatic rings. The summed E-state index contributed by atoms with van der Waals surface area (Å²) >= 11 is 0. The molecule has 0 aromatic heterocycles. The first-order valence-corrected chi connectivity index (χ1v) is 6.87. The molecular weight excluding hydrogens is 240 g/mol. The van der Waals surface area contributed by atoms with Crippen LogP contribution in [0.5, 0.6) is 5.75 Å². The minimum absolute atomic E-state index is 0.0824. The molecule has 1 aliphatic rings.